The summed E-state index contributed by atoms with van der Waals surface area (Å²) >= 11 is 6.42. The molecule has 5 aromatic rings. The molecule has 10 heteroatoms. The van der Waals surface area contributed by atoms with Crippen molar-refractivity contribution in [1.29, 1.82) is 0 Å². The zero-order valence-electron chi connectivity index (χ0n) is 20.2. The van der Waals surface area contributed by atoms with E-state index in [0.29, 0.717) is 39.3 Å². The van der Waals surface area contributed by atoms with E-state index in [9.17, 15) is 4.79 Å². The van der Waals surface area contributed by atoms with E-state index in [0.717, 1.165) is 11.1 Å². The summed E-state index contributed by atoms with van der Waals surface area (Å²) in [7, 11) is 1.86. The quantitative estimate of drug-likeness (QED) is 0.318. The van der Waals surface area contributed by atoms with Gasteiger partial charge in [0.1, 0.15) is 23.6 Å². The highest BCUT2D eigenvalue weighted by atomic mass is 35.5. The van der Waals surface area contributed by atoms with Gasteiger partial charge in [-0.25, -0.2) is 14.4 Å². The van der Waals surface area contributed by atoms with Crippen LogP contribution in [0.1, 0.15) is 24.0 Å². The fourth-order valence-corrected chi connectivity index (χ4v) is 5.26. The number of pyridine rings is 2. The minimum absolute atomic E-state index is 0.0403. The summed E-state index contributed by atoms with van der Waals surface area (Å²) in [6, 6.07) is 5.19. The van der Waals surface area contributed by atoms with Crippen molar-refractivity contribution in [2.45, 2.75) is 19.8 Å². The van der Waals surface area contributed by atoms with Crippen molar-refractivity contribution in [3.8, 4) is 22.7 Å². The summed E-state index contributed by atoms with van der Waals surface area (Å²) in [6.45, 7) is 3.91. The SMILES string of the molecule is Cc1cc(-c2ncco2)ncc1-c1cc2cc(NC(=O)[C@H]3C(C)[C@@H]3c3cnn(C)c3)ncc2c(Cl)c1F. The largest absolute Gasteiger partial charge is 0.443 e. The Labute approximate surface area is 216 Å². The van der Waals surface area contributed by atoms with Crippen LogP contribution in [0.4, 0.5) is 10.2 Å². The maximum absolute atomic E-state index is 15.4. The number of halogens is 2. The molecule has 1 aliphatic rings. The fraction of sp³-hybridized carbons (Fsp3) is 0.222. The summed E-state index contributed by atoms with van der Waals surface area (Å²) < 4.78 is 22.4. The molecule has 4 aromatic heterocycles. The third-order valence-electron chi connectivity index (χ3n) is 7.00. The number of benzene rings is 1. The molecule has 1 saturated carbocycles. The fourth-order valence-electron chi connectivity index (χ4n) is 5.00. The topological polar surface area (TPSA) is 98.7 Å². The van der Waals surface area contributed by atoms with E-state index in [-0.39, 0.29) is 28.7 Å². The maximum Gasteiger partial charge on any atom is 0.244 e. The molecule has 0 saturated heterocycles. The Morgan fingerprint density at radius 3 is 2.68 bits per heavy atom. The van der Waals surface area contributed by atoms with Gasteiger partial charge >= 0.3 is 0 Å². The number of aromatic nitrogens is 5. The predicted molar refractivity (Wildman–Crippen MR) is 137 cm³/mol. The molecule has 186 valence electrons. The van der Waals surface area contributed by atoms with Crippen LogP contribution in [0.3, 0.4) is 0 Å². The molecule has 1 aliphatic carbocycles. The molecule has 0 spiro atoms. The first-order valence-electron chi connectivity index (χ1n) is 11.8. The van der Waals surface area contributed by atoms with Gasteiger partial charge in [0, 0.05) is 54.0 Å². The van der Waals surface area contributed by atoms with Gasteiger partial charge in [-0.2, -0.15) is 5.10 Å². The van der Waals surface area contributed by atoms with Gasteiger partial charge < -0.3 is 9.73 Å². The Bertz CT molecular complexity index is 1670. The van der Waals surface area contributed by atoms with Crippen molar-refractivity contribution in [3.05, 3.63) is 77.4 Å². The Kier molecular flexibility index (Phi) is 5.52. The lowest BCUT2D eigenvalue weighted by atomic mass is 9.98. The maximum atomic E-state index is 15.4. The molecular formula is C27H22ClFN6O2. The second-order valence-electron chi connectivity index (χ2n) is 9.41. The summed E-state index contributed by atoms with van der Waals surface area (Å²) in [6.07, 6.45) is 9.80. The highest BCUT2D eigenvalue weighted by Crippen LogP contribution is 2.54. The van der Waals surface area contributed by atoms with Gasteiger partial charge in [0.15, 0.2) is 0 Å². The first-order valence-corrected chi connectivity index (χ1v) is 12.1. The number of nitrogens with one attached hydrogen (secondary N) is 1. The van der Waals surface area contributed by atoms with Crippen LogP contribution in [0.2, 0.25) is 5.02 Å². The third-order valence-corrected chi connectivity index (χ3v) is 7.37. The van der Waals surface area contributed by atoms with E-state index in [4.69, 9.17) is 16.0 Å². The van der Waals surface area contributed by atoms with Crippen LogP contribution in [0, 0.1) is 24.6 Å². The van der Waals surface area contributed by atoms with E-state index in [2.05, 4.69) is 25.4 Å². The minimum Gasteiger partial charge on any atom is -0.443 e. The number of nitrogens with zero attached hydrogens (tertiary/aromatic N) is 5. The molecule has 8 nitrogen and oxygen atoms in total. The minimum atomic E-state index is -0.562. The molecule has 1 N–H and O–H groups in total. The molecule has 6 rings (SSSR count). The van der Waals surface area contributed by atoms with Gasteiger partial charge in [-0.15, -0.1) is 0 Å². The number of amides is 1. The van der Waals surface area contributed by atoms with Crippen LogP contribution >= 0.6 is 11.6 Å². The van der Waals surface area contributed by atoms with Crippen molar-refractivity contribution < 1.29 is 13.6 Å². The predicted octanol–water partition coefficient (Wildman–Crippen LogP) is 5.77. The van der Waals surface area contributed by atoms with Gasteiger partial charge in [0.05, 0.1) is 17.4 Å². The number of carbonyl (C=O) groups is 1. The average Bonchev–Trinajstić information content (AvgIpc) is 3.23. The summed E-state index contributed by atoms with van der Waals surface area (Å²) in [5.74, 6) is 0.258. The molecule has 0 bridgehead atoms. The Balaban J connectivity index is 1.30. The van der Waals surface area contributed by atoms with E-state index >= 15 is 4.39 Å². The average molecular weight is 517 g/mol. The lowest BCUT2D eigenvalue weighted by Gasteiger charge is -2.12. The molecule has 1 aromatic carbocycles. The monoisotopic (exact) mass is 516 g/mol. The van der Waals surface area contributed by atoms with E-state index in [1.165, 1.54) is 18.7 Å². The van der Waals surface area contributed by atoms with Crippen molar-refractivity contribution in [2.75, 3.05) is 5.32 Å². The highest BCUT2D eigenvalue weighted by molar-refractivity contribution is 6.36. The second kappa shape index (κ2) is 8.77. The normalized spacial score (nSPS) is 18.8. The van der Waals surface area contributed by atoms with Gasteiger partial charge in [0.2, 0.25) is 11.8 Å². The Morgan fingerprint density at radius 1 is 1.14 bits per heavy atom. The summed E-state index contributed by atoms with van der Waals surface area (Å²) in [5, 5.41) is 8.19. The first kappa shape index (κ1) is 23.3. The highest BCUT2D eigenvalue weighted by Gasteiger charge is 2.52. The molecule has 1 unspecified atom stereocenters. The van der Waals surface area contributed by atoms with Crippen LogP contribution in [0.25, 0.3) is 33.5 Å². The van der Waals surface area contributed by atoms with Crippen LogP contribution in [-0.4, -0.2) is 30.6 Å². The molecule has 37 heavy (non-hydrogen) atoms. The molecule has 1 amide bonds. The number of anilines is 1. The zero-order valence-corrected chi connectivity index (χ0v) is 21.0. The third kappa shape index (κ3) is 4.05. The van der Waals surface area contributed by atoms with Gasteiger partial charge in [-0.3, -0.25) is 14.5 Å². The van der Waals surface area contributed by atoms with E-state index < -0.39 is 5.82 Å². The van der Waals surface area contributed by atoms with E-state index in [1.54, 1.807) is 35.3 Å². The number of fused-ring (bicyclic) bond motifs is 1. The lowest BCUT2D eigenvalue weighted by molar-refractivity contribution is -0.117. The molecule has 0 radical (unpaired) electrons. The van der Waals surface area contributed by atoms with Crippen LogP contribution in [0.5, 0.6) is 0 Å². The van der Waals surface area contributed by atoms with E-state index in [1.807, 2.05) is 27.1 Å². The lowest BCUT2D eigenvalue weighted by Crippen LogP contribution is -2.16. The first-order chi connectivity index (χ1) is 17.8. The zero-order chi connectivity index (χ0) is 25.8. The van der Waals surface area contributed by atoms with Crippen molar-refractivity contribution in [3.63, 3.8) is 0 Å². The number of carbonyl (C=O) groups excluding carboxylic acids is 1. The standard InChI is InChI=1S/C27H22ClFN6O2/c1-13-6-20(27-30-4-5-37-27)31-10-18(13)17-7-15-8-21(32-11-19(15)24(28)25(17)29)34-26(36)23-14(2)22(23)16-9-33-35(3)12-16/h4-12,14,22-23H,1-3H3,(H,32,34,36)/t14?,22-,23+/m1/s1. The van der Waals surface area contributed by atoms with Gasteiger partial charge in [0.25, 0.3) is 0 Å². The number of oxazole rings is 1. The van der Waals surface area contributed by atoms with Crippen molar-refractivity contribution >= 4 is 34.1 Å². The Morgan fingerprint density at radius 2 is 1.97 bits per heavy atom. The van der Waals surface area contributed by atoms with Crippen molar-refractivity contribution in [1.82, 2.24) is 24.7 Å². The van der Waals surface area contributed by atoms with Gasteiger partial charge in [-0.1, -0.05) is 18.5 Å². The molecular weight excluding hydrogens is 495 g/mol. The molecule has 1 fully saturated rings. The second-order valence-corrected chi connectivity index (χ2v) is 9.79. The number of hydrogen-bond donors (Lipinski definition) is 1. The van der Waals surface area contributed by atoms with Crippen LogP contribution < -0.4 is 5.32 Å². The number of rotatable bonds is 5. The molecule has 3 atom stereocenters. The van der Waals surface area contributed by atoms with Gasteiger partial charge in [-0.05, 0) is 47.6 Å². The number of aryl methyl sites for hydroxylation is 2. The Hall–Kier alpha value is -4.11. The summed E-state index contributed by atoms with van der Waals surface area (Å²) in [5.41, 5.74) is 3.27. The number of hydrogen-bond acceptors (Lipinski definition) is 6. The molecule has 4 heterocycles. The summed E-state index contributed by atoms with van der Waals surface area (Å²) in [4.78, 5) is 25.8. The molecule has 0 aliphatic heterocycles. The van der Waals surface area contributed by atoms with Crippen LogP contribution in [-0.2, 0) is 11.8 Å². The smallest absolute Gasteiger partial charge is 0.244 e. The van der Waals surface area contributed by atoms with Crippen molar-refractivity contribution in [2.24, 2.45) is 18.9 Å². The van der Waals surface area contributed by atoms with Crippen LogP contribution in [0.15, 0.2) is 59.9 Å².